The highest BCUT2D eigenvalue weighted by atomic mass is 16.1. The number of H-pyrrole nitrogens is 1. The van der Waals surface area contributed by atoms with Crippen molar-refractivity contribution >= 4 is 16.8 Å². The van der Waals surface area contributed by atoms with E-state index in [1.54, 1.807) is 18.6 Å². The van der Waals surface area contributed by atoms with Gasteiger partial charge in [-0.1, -0.05) is 6.07 Å². The summed E-state index contributed by atoms with van der Waals surface area (Å²) in [7, 11) is 0. The molecule has 0 aliphatic rings. The number of aryl methyl sites for hydroxylation is 1. The third-order valence-electron chi connectivity index (χ3n) is 3.06. The zero-order chi connectivity index (χ0) is 13.4. The molecule has 3 rings (SSSR count). The van der Waals surface area contributed by atoms with Gasteiger partial charge in [-0.15, -0.1) is 0 Å². The molecule has 0 fully saturated rings. The average Bonchev–Trinajstić information content (AvgIpc) is 2.82. The van der Waals surface area contributed by atoms with Crippen molar-refractivity contribution in [2.45, 2.75) is 6.92 Å². The normalized spacial score (nSPS) is 10.8. The van der Waals surface area contributed by atoms with Crippen molar-refractivity contribution in [1.29, 1.82) is 0 Å². The molecule has 5 nitrogen and oxygen atoms in total. The van der Waals surface area contributed by atoms with Gasteiger partial charge < -0.3 is 10.7 Å². The molecule has 94 valence electrons. The van der Waals surface area contributed by atoms with Gasteiger partial charge >= 0.3 is 0 Å². The Labute approximate surface area is 109 Å². The Hall–Kier alpha value is -2.69. The molecule has 19 heavy (non-hydrogen) atoms. The van der Waals surface area contributed by atoms with E-state index in [2.05, 4.69) is 15.0 Å². The van der Waals surface area contributed by atoms with Crippen LogP contribution >= 0.6 is 0 Å². The van der Waals surface area contributed by atoms with Crippen molar-refractivity contribution in [3.05, 3.63) is 48.2 Å². The lowest BCUT2D eigenvalue weighted by Crippen LogP contribution is -2.09. The van der Waals surface area contributed by atoms with Crippen LogP contribution in [0.3, 0.4) is 0 Å². The number of benzene rings is 1. The number of primary amides is 1. The monoisotopic (exact) mass is 252 g/mol. The molecule has 0 saturated heterocycles. The summed E-state index contributed by atoms with van der Waals surface area (Å²) < 4.78 is 0. The lowest BCUT2D eigenvalue weighted by atomic mass is 10.0. The van der Waals surface area contributed by atoms with Crippen LogP contribution in [0.5, 0.6) is 0 Å². The molecule has 0 radical (unpaired) electrons. The van der Waals surface area contributed by atoms with Gasteiger partial charge in [0.15, 0.2) is 0 Å². The molecule has 0 saturated carbocycles. The molecule has 3 N–H and O–H groups in total. The zero-order valence-electron chi connectivity index (χ0n) is 10.3. The van der Waals surface area contributed by atoms with Crippen LogP contribution < -0.4 is 5.73 Å². The lowest BCUT2D eigenvalue weighted by Gasteiger charge is -2.02. The average molecular weight is 252 g/mol. The molecule has 0 unspecified atom stereocenters. The van der Waals surface area contributed by atoms with E-state index in [9.17, 15) is 4.79 Å². The van der Waals surface area contributed by atoms with Crippen molar-refractivity contribution in [3.8, 4) is 11.1 Å². The Morgan fingerprint density at radius 2 is 1.95 bits per heavy atom. The Morgan fingerprint density at radius 3 is 2.63 bits per heavy atom. The van der Waals surface area contributed by atoms with Crippen molar-refractivity contribution in [2.24, 2.45) is 5.73 Å². The topological polar surface area (TPSA) is 84.7 Å². The first-order valence-electron chi connectivity index (χ1n) is 5.85. The quantitative estimate of drug-likeness (QED) is 0.731. The molecule has 1 amide bonds. The van der Waals surface area contributed by atoms with Gasteiger partial charge in [0.2, 0.25) is 0 Å². The van der Waals surface area contributed by atoms with Gasteiger partial charge in [0.25, 0.3) is 5.91 Å². The zero-order valence-corrected chi connectivity index (χ0v) is 10.3. The predicted octanol–water partition coefficient (Wildman–Crippen LogP) is 2.03. The predicted molar refractivity (Wildman–Crippen MR) is 72.6 cm³/mol. The fourth-order valence-corrected chi connectivity index (χ4v) is 2.05. The van der Waals surface area contributed by atoms with Crippen molar-refractivity contribution in [1.82, 2.24) is 15.0 Å². The number of hydrogen-bond acceptors (Lipinski definition) is 3. The number of rotatable bonds is 2. The number of nitrogens with two attached hydrogens (primary N) is 1. The van der Waals surface area contributed by atoms with E-state index < -0.39 is 5.91 Å². The van der Waals surface area contributed by atoms with Crippen LogP contribution in [-0.2, 0) is 0 Å². The van der Waals surface area contributed by atoms with Crippen LogP contribution in [0.2, 0.25) is 0 Å². The number of amides is 1. The fourth-order valence-electron chi connectivity index (χ4n) is 2.05. The summed E-state index contributed by atoms with van der Waals surface area (Å²) in [6.07, 6.45) is 5.16. The number of carbonyl (C=O) groups is 1. The van der Waals surface area contributed by atoms with Crippen LogP contribution in [0, 0.1) is 6.92 Å². The van der Waals surface area contributed by atoms with Crippen LogP contribution in [0.1, 0.15) is 16.2 Å². The number of fused-ring (bicyclic) bond motifs is 1. The van der Waals surface area contributed by atoms with E-state index in [0.29, 0.717) is 5.56 Å². The maximum absolute atomic E-state index is 11.3. The summed E-state index contributed by atoms with van der Waals surface area (Å²) in [5.74, 6) is 0.285. The van der Waals surface area contributed by atoms with Gasteiger partial charge in [-0.3, -0.25) is 4.79 Å². The van der Waals surface area contributed by atoms with E-state index in [4.69, 9.17) is 5.73 Å². The first-order chi connectivity index (χ1) is 9.15. The lowest BCUT2D eigenvalue weighted by molar-refractivity contribution is 0.100. The maximum atomic E-state index is 11.3. The van der Waals surface area contributed by atoms with Gasteiger partial charge in [-0.2, -0.15) is 0 Å². The Bertz CT molecular complexity index is 759. The molecule has 5 heteroatoms. The van der Waals surface area contributed by atoms with Crippen molar-refractivity contribution in [3.63, 3.8) is 0 Å². The highest BCUT2D eigenvalue weighted by Gasteiger charge is 2.10. The Balaban J connectivity index is 2.17. The van der Waals surface area contributed by atoms with Crippen molar-refractivity contribution < 1.29 is 4.79 Å². The van der Waals surface area contributed by atoms with Crippen molar-refractivity contribution in [2.75, 3.05) is 0 Å². The minimum Gasteiger partial charge on any atom is -0.366 e. The molecule has 0 spiro atoms. The molecule has 0 atom stereocenters. The number of aromatic nitrogens is 3. The molecule has 0 aliphatic heterocycles. The van der Waals surface area contributed by atoms with E-state index in [1.807, 2.05) is 25.1 Å². The molecule has 1 aromatic carbocycles. The maximum Gasteiger partial charge on any atom is 0.250 e. The Morgan fingerprint density at radius 1 is 1.21 bits per heavy atom. The second-order valence-corrected chi connectivity index (χ2v) is 4.35. The largest absolute Gasteiger partial charge is 0.366 e. The van der Waals surface area contributed by atoms with E-state index >= 15 is 0 Å². The summed E-state index contributed by atoms with van der Waals surface area (Å²) in [5, 5.41) is 0.811. The number of hydrogen-bond donors (Lipinski definition) is 2. The van der Waals surface area contributed by atoms with Crippen LogP contribution in [0.4, 0.5) is 0 Å². The molecule has 0 aliphatic carbocycles. The van der Waals surface area contributed by atoms with Crippen LogP contribution in [0.25, 0.3) is 22.0 Å². The summed E-state index contributed by atoms with van der Waals surface area (Å²) >= 11 is 0. The molecular weight excluding hydrogens is 240 g/mol. The molecule has 2 aromatic heterocycles. The molecular formula is C14H12N4O. The van der Waals surface area contributed by atoms with Crippen LogP contribution in [-0.4, -0.2) is 20.9 Å². The standard InChI is InChI=1S/C14H12N4O/c1-8-16-5-10(6-17-8)9-2-3-13-11(4-9)12(7-18-13)14(15)19/h2-7,18H,1H3,(H2,15,19). The third-order valence-corrected chi connectivity index (χ3v) is 3.06. The summed E-state index contributed by atoms with van der Waals surface area (Å²) in [5.41, 5.74) is 8.58. The molecule has 0 bridgehead atoms. The molecule has 3 aromatic rings. The number of nitrogens with one attached hydrogen (secondary N) is 1. The van der Waals surface area contributed by atoms with Gasteiger partial charge in [0, 0.05) is 35.1 Å². The summed E-state index contributed by atoms with van der Waals surface area (Å²) in [6.45, 7) is 1.84. The first kappa shape index (κ1) is 11.4. The second kappa shape index (κ2) is 4.20. The summed E-state index contributed by atoms with van der Waals surface area (Å²) in [4.78, 5) is 22.7. The number of carbonyl (C=O) groups excluding carboxylic acids is 1. The van der Waals surface area contributed by atoms with Gasteiger partial charge in [-0.25, -0.2) is 9.97 Å². The number of nitrogens with zero attached hydrogens (tertiary/aromatic N) is 2. The smallest absolute Gasteiger partial charge is 0.250 e. The van der Waals surface area contributed by atoms with E-state index in [-0.39, 0.29) is 0 Å². The second-order valence-electron chi connectivity index (χ2n) is 4.35. The first-order valence-corrected chi connectivity index (χ1v) is 5.85. The minimum absolute atomic E-state index is 0.441. The highest BCUT2D eigenvalue weighted by molar-refractivity contribution is 6.06. The third kappa shape index (κ3) is 1.95. The fraction of sp³-hybridized carbons (Fsp3) is 0.0714. The summed E-state index contributed by atoms with van der Waals surface area (Å²) in [6, 6.07) is 5.79. The number of aromatic amines is 1. The minimum atomic E-state index is -0.441. The molecule has 2 heterocycles. The van der Waals surface area contributed by atoms with E-state index in [0.717, 1.165) is 27.9 Å². The van der Waals surface area contributed by atoms with Crippen LogP contribution in [0.15, 0.2) is 36.8 Å². The SMILES string of the molecule is Cc1ncc(-c2ccc3[nH]cc(C(N)=O)c3c2)cn1. The van der Waals surface area contributed by atoms with Gasteiger partial charge in [0.05, 0.1) is 5.56 Å². The van der Waals surface area contributed by atoms with E-state index in [1.165, 1.54) is 0 Å². The van der Waals surface area contributed by atoms with Gasteiger partial charge in [-0.05, 0) is 24.6 Å². The Kier molecular flexibility index (Phi) is 2.52. The highest BCUT2D eigenvalue weighted by Crippen LogP contribution is 2.25. The van der Waals surface area contributed by atoms with Gasteiger partial charge in [0.1, 0.15) is 5.82 Å².